The molecular formula is C12H16ClNO2. The number of hydrogen-bond acceptors (Lipinski definition) is 3. The number of aliphatic hydroxyl groups excluding tert-OH is 1. The second-order valence-electron chi connectivity index (χ2n) is 4.22. The Labute approximate surface area is 100 Å². The summed E-state index contributed by atoms with van der Waals surface area (Å²) in [5, 5.41) is 10.5. The molecule has 0 radical (unpaired) electrons. The summed E-state index contributed by atoms with van der Waals surface area (Å²) in [6.45, 7) is 1.63. The summed E-state index contributed by atoms with van der Waals surface area (Å²) < 4.78 is 5.29. The number of aliphatic hydroxyl groups is 1. The predicted molar refractivity (Wildman–Crippen MR) is 62.4 cm³/mol. The van der Waals surface area contributed by atoms with Crippen LogP contribution in [-0.4, -0.2) is 23.3 Å². The van der Waals surface area contributed by atoms with Crippen LogP contribution in [0.5, 0.6) is 0 Å². The first-order valence-corrected chi connectivity index (χ1v) is 6.01. The highest BCUT2D eigenvalue weighted by Gasteiger charge is 2.18. The zero-order chi connectivity index (χ0) is 11.4. The maximum atomic E-state index is 10.0. The van der Waals surface area contributed by atoms with E-state index in [1.54, 1.807) is 12.3 Å². The molecule has 0 bridgehead atoms. The van der Waals surface area contributed by atoms with Gasteiger partial charge in [0.25, 0.3) is 0 Å². The lowest BCUT2D eigenvalue weighted by atomic mass is 9.91. The van der Waals surface area contributed by atoms with Gasteiger partial charge >= 0.3 is 0 Å². The van der Waals surface area contributed by atoms with Gasteiger partial charge in [0.15, 0.2) is 0 Å². The van der Waals surface area contributed by atoms with Crippen molar-refractivity contribution in [2.75, 3.05) is 13.2 Å². The molecule has 1 fully saturated rings. The molecule has 88 valence electrons. The number of pyridine rings is 1. The normalized spacial score (nSPS) is 19.6. The molecule has 1 unspecified atom stereocenters. The molecule has 1 aromatic heterocycles. The first-order valence-electron chi connectivity index (χ1n) is 5.63. The SMILES string of the molecule is OC(CC1CCOCC1)c1ccc(Cl)nc1. The molecule has 1 aliphatic rings. The molecule has 4 heteroatoms. The van der Waals surface area contributed by atoms with E-state index >= 15 is 0 Å². The van der Waals surface area contributed by atoms with E-state index in [0.29, 0.717) is 11.1 Å². The minimum atomic E-state index is -0.437. The number of nitrogens with zero attached hydrogens (tertiary/aromatic N) is 1. The first-order chi connectivity index (χ1) is 7.75. The zero-order valence-electron chi connectivity index (χ0n) is 9.10. The molecule has 0 aliphatic carbocycles. The Morgan fingerprint density at radius 3 is 2.81 bits per heavy atom. The minimum absolute atomic E-state index is 0.437. The van der Waals surface area contributed by atoms with Gasteiger partial charge in [0.2, 0.25) is 0 Å². The molecule has 2 rings (SSSR count). The van der Waals surface area contributed by atoms with E-state index in [4.69, 9.17) is 16.3 Å². The third kappa shape index (κ3) is 3.17. The van der Waals surface area contributed by atoms with Crippen molar-refractivity contribution in [3.05, 3.63) is 29.0 Å². The summed E-state index contributed by atoms with van der Waals surface area (Å²) in [5.41, 5.74) is 0.843. The molecule has 1 atom stereocenters. The fourth-order valence-electron chi connectivity index (χ4n) is 2.02. The summed E-state index contributed by atoms with van der Waals surface area (Å²) in [6, 6.07) is 3.55. The number of aromatic nitrogens is 1. The van der Waals surface area contributed by atoms with E-state index < -0.39 is 6.10 Å². The van der Waals surface area contributed by atoms with Gasteiger partial charge in [-0.2, -0.15) is 0 Å². The van der Waals surface area contributed by atoms with Gasteiger partial charge in [0.05, 0.1) is 6.10 Å². The van der Waals surface area contributed by atoms with Crippen LogP contribution in [0, 0.1) is 5.92 Å². The fraction of sp³-hybridized carbons (Fsp3) is 0.583. The highest BCUT2D eigenvalue weighted by atomic mass is 35.5. The smallest absolute Gasteiger partial charge is 0.129 e. The van der Waals surface area contributed by atoms with Gasteiger partial charge in [-0.15, -0.1) is 0 Å². The van der Waals surface area contributed by atoms with E-state index in [2.05, 4.69) is 4.98 Å². The average Bonchev–Trinajstić information content (AvgIpc) is 2.31. The Kier molecular flexibility index (Phi) is 4.16. The Balaban J connectivity index is 1.91. The van der Waals surface area contributed by atoms with Gasteiger partial charge in [-0.05, 0) is 36.8 Å². The molecule has 0 saturated carbocycles. The largest absolute Gasteiger partial charge is 0.388 e. The van der Waals surface area contributed by atoms with E-state index in [1.807, 2.05) is 6.07 Å². The van der Waals surface area contributed by atoms with E-state index in [0.717, 1.165) is 38.0 Å². The quantitative estimate of drug-likeness (QED) is 0.828. The summed E-state index contributed by atoms with van der Waals surface area (Å²) in [4.78, 5) is 3.97. The van der Waals surface area contributed by atoms with Gasteiger partial charge in [0, 0.05) is 19.4 Å². The number of ether oxygens (including phenoxy) is 1. The van der Waals surface area contributed by atoms with Crippen LogP contribution in [0.3, 0.4) is 0 Å². The topological polar surface area (TPSA) is 42.4 Å². The lowest BCUT2D eigenvalue weighted by molar-refractivity contribution is 0.0434. The lowest BCUT2D eigenvalue weighted by Gasteiger charge is -2.24. The zero-order valence-corrected chi connectivity index (χ0v) is 9.86. The molecule has 0 aromatic carbocycles. The number of halogens is 1. The molecule has 1 saturated heterocycles. The fourth-order valence-corrected chi connectivity index (χ4v) is 2.13. The van der Waals surface area contributed by atoms with Crippen molar-refractivity contribution in [3.63, 3.8) is 0 Å². The summed E-state index contributed by atoms with van der Waals surface area (Å²) in [6.07, 6.45) is 4.07. The van der Waals surface area contributed by atoms with Crippen molar-refractivity contribution in [1.29, 1.82) is 0 Å². The standard InChI is InChI=1S/C12H16ClNO2/c13-12-2-1-10(8-14-12)11(15)7-9-3-5-16-6-4-9/h1-2,8-9,11,15H,3-7H2. The van der Waals surface area contributed by atoms with Crippen LogP contribution in [0.25, 0.3) is 0 Å². The molecule has 1 aromatic rings. The van der Waals surface area contributed by atoms with E-state index in [1.165, 1.54) is 0 Å². The van der Waals surface area contributed by atoms with Crippen LogP contribution < -0.4 is 0 Å². The van der Waals surface area contributed by atoms with Crippen molar-refractivity contribution >= 4 is 11.6 Å². The summed E-state index contributed by atoms with van der Waals surface area (Å²) >= 11 is 5.70. The van der Waals surface area contributed by atoms with E-state index in [9.17, 15) is 5.11 Å². The molecule has 0 amide bonds. The van der Waals surface area contributed by atoms with Crippen molar-refractivity contribution in [2.45, 2.75) is 25.4 Å². The van der Waals surface area contributed by atoms with Gasteiger partial charge in [-0.3, -0.25) is 0 Å². The molecule has 1 N–H and O–H groups in total. The Hall–Kier alpha value is -0.640. The minimum Gasteiger partial charge on any atom is -0.388 e. The molecule has 16 heavy (non-hydrogen) atoms. The maximum Gasteiger partial charge on any atom is 0.129 e. The van der Waals surface area contributed by atoms with Gasteiger partial charge in [-0.25, -0.2) is 4.98 Å². The first kappa shape index (κ1) is 11.8. The maximum absolute atomic E-state index is 10.0. The monoisotopic (exact) mass is 241 g/mol. The highest BCUT2D eigenvalue weighted by Crippen LogP contribution is 2.27. The van der Waals surface area contributed by atoms with Crippen LogP contribution >= 0.6 is 11.6 Å². The molecule has 3 nitrogen and oxygen atoms in total. The summed E-state index contributed by atoms with van der Waals surface area (Å²) in [7, 11) is 0. The molecule has 0 spiro atoms. The van der Waals surface area contributed by atoms with Gasteiger partial charge in [-0.1, -0.05) is 17.7 Å². The second kappa shape index (κ2) is 5.62. The van der Waals surface area contributed by atoms with Crippen LogP contribution in [0.15, 0.2) is 18.3 Å². The average molecular weight is 242 g/mol. The number of hydrogen-bond donors (Lipinski definition) is 1. The van der Waals surface area contributed by atoms with Crippen molar-refractivity contribution in [1.82, 2.24) is 4.98 Å². The molecular weight excluding hydrogens is 226 g/mol. The van der Waals surface area contributed by atoms with E-state index in [-0.39, 0.29) is 0 Å². The van der Waals surface area contributed by atoms with Crippen LogP contribution in [0.2, 0.25) is 5.15 Å². The summed E-state index contributed by atoms with van der Waals surface area (Å²) in [5.74, 6) is 0.555. The van der Waals surface area contributed by atoms with Crippen molar-refractivity contribution in [2.24, 2.45) is 5.92 Å². The third-order valence-electron chi connectivity index (χ3n) is 3.03. The molecule has 1 aliphatic heterocycles. The van der Waals surface area contributed by atoms with Crippen LogP contribution in [-0.2, 0) is 4.74 Å². The number of rotatable bonds is 3. The molecule has 2 heterocycles. The van der Waals surface area contributed by atoms with Crippen molar-refractivity contribution < 1.29 is 9.84 Å². The Morgan fingerprint density at radius 1 is 1.44 bits per heavy atom. The van der Waals surface area contributed by atoms with Crippen LogP contribution in [0.4, 0.5) is 0 Å². The third-order valence-corrected chi connectivity index (χ3v) is 3.26. The van der Waals surface area contributed by atoms with Crippen molar-refractivity contribution in [3.8, 4) is 0 Å². The van der Waals surface area contributed by atoms with Crippen LogP contribution in [0.1, 0.15) is 30.9 Å². The Bertz CT molecular complexity index is 322. The van der Waals surface area contributed by atoms with Gasteiger partial charge in [0.1, 0.15) is 5.15 Å². The second-order valence-corrected chi connectivity index (χ2v) is 4.61. The predicted octanol–water partition coefficient (Wildman–Crippen LogP) is 2.59. The Morgan fingerprint density at radius 2 is 2.19 bits per heavy atom. The van der Waals surface area contributed by atoms with Gasteiger partial charge < -0.3 is 9.84 Å². The highest BCUT2D eigenvalue weighted by molar-refractivity contribution is 6.29. The lowest BCUT2D eigenvalue weighted by Crippen LogP contribution is -2.18.